The largest absolute Gasteiger partial charge is 0.387 e. The summed E-state index contributed by atoms with van der Waals surface area (Å²) in [4.78, 5) is 30.1. The lowest BCUT2D eigenvalue weighted by Gasteiger charge is -2.20. The zero-order chi connectivity index (χ0) is 35.6. The lowest BCUT2D eigenvalue weighted by molar-refractivity contribution is -0.120. The molecular formula is C41H47N5O4. The van der Waals surface area contributed by atoms with Gasteiger partial charge in [0.1, 0.15) is 5.82 Å². The van der Waals surface area contributed by atoms with Crippen molar-refractivity contribution >= 4 is 11.8 Å². The van der Waals surface area contributed by atoms with Crippen LogP contribution in [0.4, 0.5) is 0 Å². The molecule has 2 heterocycles. The van der Waals surface area contributed by atoms with E-state index < -0.39 is 18.2 Å². The number of benzene rings is 3. The van der Waals surface area contributed by atoms with Crippen molar-refractivity contribution in [2.45, 2.75) is 71.4 Å². The summed E-state index contributed by atoms with van der Waals surface area (Å²) in [6.45, 7) is 8.68. The van der Waals surface area contributed by atoms with Gasteiger partial charge in [0.15, 0.2) is 0 Å². The van der Waals surface area contributed by atoms with E-state index in [0.29, 0.717) is 18.7 Å². The summed E-state index contributed by atoms with van der Waals surface area (Å²) in [5.74, 6) is 0.465. The summed E-state index contributed by atoms with van der Waals surface area (Å²) in [5.41, 5.74) is 7.11. The van der Waals surface area contributed by atoms with Gasteiger partial charge in [-0.05, 0) is 86.7 Å². The summed E-state index contributed by atoms with van der Waals surface area (Å²) in [5, 5.41) is 30.6. The molecule has 0 saturated carbocycles. The monoisotopic (exact) mass is 673 g/mol. The molecule has 0 spiro atoms. The minimum Gasteiger partial charge on any atom is -0.387 e. The van der Waals surface area contributed by atoms with Crippen molar-refractivity contribution in [2.24, 2.45) is 0 Å². The molecule has 5 N–H and O–H groups in total. The molecule has 0 aliphatic carbocycles. The fourth-order valence-electron chi connectivity index (χ4n) is 6.01. The topological polar surface area (TPSA) is 129 Å². The number of aryl methyl sites for hydroxylation is 2. The SMILES string of the molecule is Cc1ccc(C)n1-c1ccc([C@@H](O)CNC(C)Cc2cccc(CC(=O)NCc3ccc(C(=O)N[C@H](C)[C@@H](O)c4ccccc4)cc3)c2)cn1. The van der Waals surface area contributed by atoms with Gasteiger partial charge in [-0.25, -0.2) is 4.98 Å². The highest BCUT2D eigenvalue weighted by atomic mass is 16.3. The van der Waals surface area contributed by atoms with Gasteiger partial charge in [-0.15, -0.1) is 0 Å². The van der Waals surface area contributed by atoms with Crippen LogP contribution in [0.3, 0.4) is 0 Å². The Labute approximate surface area is 294 Å². The third-order valence-electron chi connectivity index (χ3n) is 8.89. The van der Waals surface area contributed by atoms with Crippen molar-refractivity contribution in [3.8, 4) is 5.82 Å². The standard InChI is InChI=1S/C41H47N5O4/c1-27(42-26-37(47)36-19-20-38(43-25-36)46-28(2)13-14-29(46)3)21-32-9-8-10-33(22-32)23-39(48)44-24-31-15-17-35(18-16-31)41(50)45-30(4)40(49)34-11-6-5-7-12-34/h5-20,22,25,27,30,37,40,42,47,49H,21,23-24,26H2,1-4H3,(H,44,48)(H,45,50)/t27?,30-,37+,40-/m1/s1. The molecule has 0 fully saturated rings. The quantitative estimate of drug-likeness (QED) is 0.101. The Hall–Kier alpha value is -5.09. The predicted octanol–water partition coefficient (Wildman–Crippen LogP) is 5.45. The minimum absolute atomic E-state index is 0.0938. The third-order valence-corrected chi connectivity index (χ3v) is 8.89. The summed E-state index contributed by atoms with van der Waals surface area (Å²) < 4.78 is 2.08. The molecule has 0 saturated heterocycles. The lowest BCUT2D eigenvalue weighted by Crippen LogP contribution is -2.37. The maximum Gasteiger partial charge on any atom is 0.251 e. The number of pyridine rings is 1. The molecule has 5 aromatic rings. The first-order valence-corrected chi connectivity index (χ1v) is 17.1. The molecule has 2 aromatic heterocycles. The van der Waals surface area contributed by atoms with E-state index >= 15 is 0 Å². The Kier molecular flexibility index (Phi) is 12.3. The predicted molar refractivity (Wildman–Crippen MR) is 196 cm³/mol. The fourth-order valence-corrected chi connectivity index (χ4v) is 6.01. The van der Waals surface area contributed by atoms with Gasteiger partial charge in [0.2, 0.25) is 5.91 Å². The van der Waals surface area contributed by atoms with E-state index in [4.69, 9.17) is 0 Å². The third kappa shape index (κ3) is 9.75. The van der Waals surface area contributed by atoms with E-state index in [1.54, 1.807) is 25.3 Å². The summed E-state index contributed by atoms with van der Waals surface area (Å²) in [6.07, 6.45) is 1.23. The Morgan fingerprint density at radius 3 is 2.16 bits per heavy atom. The first-order valence-electron chi connectivity index (χ1n) is 17.1. The number of aromatic nitrogens is 2. The fraction of sp³-hybridized carbons (Fsp3) is 0.293. The number of nitrogens with one attached hydrogen (secondary N) is 3. The second kappa shape index (κ2) is 17.0. The van der Waals surface area contributed by atoms with E-state index in [9.17, 15) is 19.8 Å². The van der Waals surface area contributed by atoms with E-state index in [-0.39, 0.29) is 24.3 Å². The first-order chi connectivity index (χ1) is 24.1. The summed E-state index contributed by atoms with van der Waals surface area (Å²) in [7, 11) is 0. The number of carbonyl (C=O) groups excluding carboxylic acids is 2. The highest BCUT2D eigenvalue weighted by Gasteiger charge is 2.19. The Morgan fingerprint density at radius 2 is 1.48 bits per heavy atom. The molecule has 260 valence electrons. The van der Waals surface area contributed by atoms with Crippen LogP contribution in [0, 0.1) is 13.8 Å². The van der Waals surface area contributed by atoms with Gasteiger partial charge in [0.05, 0.1) is 24.7 Å². The molecule has 2 amide bonds. The van der Waals surface area contributed by atoms with Crippen molar-refractivity contribution in [3.63, 3.8) is 0 Å². The van der Waals surface area contributed by atoms with Crippen LogP contribution in [0.15, 0.2) is 109 Å². The smallest absolute Gasteiger partial charge is 0.251 e. The van der Waals surface area contributed by atoms with Crippen LogP contribution < -0.4 is 16.0 Å². The van der Waals surface area contributed by atoms with Crippen molar-refractivity contribution in [3.05, 3.63) is 154 Å². The second-order valence-corrected chi connectivity index (χ2v) is 13.0. The van der Waals surface area contributed by atoms with Crippen molar-refractivity contribution < 1.29 is 19.8 Å². The number of rotatable bonds is 15. The van der Waals surface area contributed by atoms with Crippen molar-refractivity contribution in [1.82, 2.24) is 25.5 Å². The van der Waals surface area contributed by atoms with Crippen LogP contribution >= 0.6 is 0 Å². The second-order valence-electron chi connectivity index (χ2n) is 13.0. The van der Waals surface area contributed by atoms with Crippen LogP contribution in [0.1, 0.15) is 75.6 Å². The Morgan fingerprint density at radius 1 is 0.780 bits per heavy atom. The van der Waals surface area contributed by atoms with Gasteiger partial charge in [-0.3, -0.25) is 9.59 Å². The zero-order valence-electron chi connectivity index (χ0n) is 29.1. The molecule has 0 bridgehead atoms. The van der Waals surface area contributed by atoms with Gasteiger partial charge in [-0.1, -0.05) is 72.8 Å². The van der Waals surface area contributed by atoms with Crippen LogP contribution in [-0.2, 0) is 24.2 Å². The number of hydrogen-bond donors (Lipinski definition) is 5. The highest BCUT2D eigenvalue weighted by Crippen LogP contribution is 2.19. The van der Waals surface area contributed by atoms with E-state index in [2.05, 4.69) is 44.6 Å². The van der Waals surface area contributed by atoms with Crippen LogP contribution in [0.25, 0.3) is 5.82 Å². The number of hydrogen-bond acceptors (Lipinski definition) is 6. The maximum absolute atomic E-state index is 12.8. The van der Waals surface area contributed by atoms with Crippen molar-refractivity contribution in [2.75, 3.05) is 6.54 Å². The number of aliphatic hydroxyl groups excluding tert-OH is 2. The molecule has 50 heavy (non-hydrogen) atoms. The molecular weight excluding hydrogens is 626 g/mol. The van der Waals surface area contributed by atoms with E-state index in [0.717, 1.165) is 51.4 Å². The van der Waals surface area contributed by atoms with Gasteiger partial charge in [-0.2, -0.15) is 0 Å². The molecule has 0 aliphatic rings. The highest BCUT2D eigenvalue weighted by molar-refractivity contribution is 5.94. The number of amides is 2. The van der Waals surface area contributed by atoms with Crippen molar-refractivity contribution in [1.29, 1.82) is 0 Å². The first kappa shape index (κ1) is 36.2. The molecule has 4 atom stereocenters. The molecule has 0 radical (unpaired) electrons. The lowest BCUT2D eigenvalue weighted by atomic mass is 10.0. The molecule has 3 aromatic carbocycles. The van der Waals surface area contributed by atoms with Gasteiger partial charge < -0.3 is 30.7 Å². The molecule has 5 rings (SSSR count). The van der Waals surface area contributed by atoms with E-state index in [1.165, 1.54) is 0 Å². The molecule has 9 heteroatoms. The number of carbonyl (C=O) groups is 2. The molecule has 1 unspecified atom stereocenters. The maximum atomic E-state index is 12.8. The summed E-state index contributed by atoms with van der Waals surface area (Å²) in [6, 6.07) is 31.9. The van der Waals surface area contributed by atoms with Gasteiger partial charge in [0, 0.05) is 47.8 Å². The van der Waals surface area contributed by atoms with Crippen LogP contribution in [0.5, 0.6) is 0 Å². The number of aliphatic hydroxyl groups is 2. The van der Waals surface area contributed by atoms with Crippen LogP contribution in [-0.4, -0.2) is 50.2 Å². The average Bonchev–Trinajstić information content (AvgIpc) is 3.47. The average molecular weight is 674 g/mol. The Bertz CT molecular complexity index is 1840. The van der Waals surface area contributed by atoms with Crippen LogP contribution in [0.2, 0.25) is 0 Å². The Balaban J connectivity index is 1.04. The zero-order valence-corrected chi connectivity index (χ0v) is 29.1. The summed E-state index contributed by atoms with van der Waals surface area (Å²) >= 11 is 0. The van der Waals surface area contributed by atoms with Gasteiger partial charge in [0.25, 0.3) is 5.91 Å². The van der Waals surface area contributed by atoms with Gasteiger partial charge >= 0.3 is 0 Å². The molecule has 9 nitrogen and oxygen atoms in total. The van der Waals surface area contributed by atoms with E-state index in [1.807, 2.05) is 92.7 Å². The number of nitrogens with zero attached hydrogens (tertiary/aromatic N) is 2. The molecule has 0 aliphatic heterocycles. The minimum atomic E-state index is -0.813. The normalized spacial score (nSPS) is 13.6.